The molecule has 0 saturated heterocycles. The van der Waals surface area contributed by atoms with E-state index in [0.29, 0.717) is 0 Å². The quantitative estimate of drug-likeness (QED) is 0.782. The Morgan fingerprint density at radius 2 is 1.27 bits per heavy atom. The molecule has 2 aromatic carbocycles. The van der Waals surface area contributed by atoms with E-state index >= 15 is 0 Å². The maximum Gasteiger partial charge on any atom is 0.115 e. The van der Waals surface area contributed by atoms with Gasteiger partial charge in [0.15, 0.2) is 0 Å². The molecule has 22 heavy (non-hydrogen) atoms. The zero-order valence-corrected chi connectivity index (χ0v) is 14.3. The minimum Gasteiger partial charge on any atom is -0.380 e. The van der Waals surface area contributed by atoms with Gasteiger partial charge in [0.2, 0.25) is 0 Å². The van der Waals surface area contributed by atoms with Gasteiger partial charge in [0, 0.05) is 0 Å². The van der Waals surface area contributed by atoms with Crippen LogP contribution in [-0.4, -0.2) is 5.11 Å². The predicted octanol–water partition coefficient (Wildman–Crippen LogP) is 5.41. The second-order valence-electron chi connectivity index (χ2n) is 7.16. The van der Waals surface area contributed by atoms with Crippen molar-refractivity contribution in [1.82, 2.24) is 0 Å². The molecule has 0 amide bonds. The van der Waals surface area contributed by atoms with E-state index in [1.54, 1.807) is 0 Å². The van der Waals surface area contributed by atoms with Crippen molar-refractivity contribution in [2.24, 2.45) is 0 Å². The van der Waals surface area contributed by atoms with E-state index < -0.39 is 5.60 Å². The Morgan fingerprint density at radius 1 is 0.773 bits per heavy atom. The average Bonchev–Trinajstić information content (AvgIpc) is 2.53. The van der Waals surface area contributed by atoms with Gasteiger partial charge < -0.3 is 5.11 Å². The lowest BCUT2D eigenvalue weighted by Crippen LogP contribution is -2.27. The molecule has 118 valence electrons. The molecule has 0 saturated carbocycles. The third-order valence-electron chi connectivity index (χ3n) is 4.37. The molecular weight excluding hydrogens is 268 g/mol. The van der Waals surface area contributed by atoms with E-state index in [9.17, 15) is 5.11 Å². The van der Waals surface area contributed by atoms with Crippen LogP contribution in [-0.2, 0) is 11.0 Å². The normalized spacial score (nSPS) is 14.6. The van der Waals surface area contributed by atoms with Crippen LogP contribution in [0, 0.1) is 0 Å². The molecule has 0 heterocycles. The summed E-state index contributed by atoms with van der Waals surface area (Å²) in [6, 6.07) is 18.5. The first-order valence-electron chi connectivity index (χ1n) is 8.27. The van der Waals surface area contributed by atoms with Gasteiger partial charge in [-0.2, -0.15) is 0 Å². The van der Waals surface area contributed by atoms with E-state index in [1.165, 1.54) is 5.56 Å². The van der Waals surface area contributed by atoms with Crippen LogP contribution >= 0.6 is 0 Å². The van der Waals surface area contributed by atoms with Gasteiger partial charge in [0.25, 0.3) is 0 Å². The lowest BCUT2D eigenvalue weighted by atomic mass is 9.80. The molecule has 0 aliphatic rings. The Balaban J connectivity index is 2.42. The zero-order valence-electron chi connectivity index (χ0n) is 14.3. The van der Waals surface area contributed by atoms with Crippen LogP contribution in [0.2, 0.25) is 0 Å². The number of rotatable bonds is 5. The van der Waals surface area contributed by atoms with Gasteiger partial charge in [0.05, 0.1) is 0 Å². The fourth-order valence-corrected chi connectivity index (χ4v) is 2.85. The highest BCUT2D eigenvalue weighted by Gasteiger charge is 2.30. The highest BCUT2D eigenvalue weighted by molar-refractivity contribution is 5.38. The second kappa shape index (κ2) is 6.66. The van der Waals surface area contributed by atoms with E-state index in [4.69, 9.17) is 0 Å². The van der Waals surface area contributed by atoms with Gasteiger partial charge >= 0.3 is 0 Å². The van der Waals surface area contributed by atoms with Crippen LogP contribution in [0.5, 0.6) is 0 Å². The van der Waals surface area contributed by atoms with E-state index in [0.717, 1.165) is 30.4 Å². The van der Waals surface area contributed by atoms with E-state index in [1.807, 2.05) is 30.3 Å². The molecule has 2 aromatic rings. The molecule has 1 heteroatoms. The largest absolute Gasteiger partial charge is 0.380 e. The van der Waals surface area contributed by atoms with Crippen LogP contribution < -0.4 is 0 Å². The summed E-state index contributed by atoms with van der Waals surface area (Å²) in [6.07, 6.45) is 2.84. The van der Waals surface area contributed by atoms with Crippen molar-refractivity contribution < 1.29 is 5.11 Å². The van der Waals surface area contributed by atoms with Crippen LogP contribution in [0.25, 0.3) is 0 Å². The van der Waals surface area contributed by atoms with Crippen LogP contribution in [0.3, 0.4) is 0 Å². The fourth-order valence-electron chi connectivity index (χ4n) is 2.85. The number of benzene rings is 2. The molecule has 0 aliphatic carbocycles. The average molecular weight is 296 g/mol. The third-order valence-corrected chi connectivity index (χ3v) is 4.37. The number of hydrogen-bond acceptors (Lipinski definition) is 1. The van der Waals surface area contributed by atoms with E-state index in [2.05, 4.69) is 52.0 Å². The highest BCUT2D eigenvalue weighted by Crippen LogP contribution is 2.35. The Kier molecular flexibility index (Phi) is 5.08. The van der Waals surface area contributed by atoms with Gasteiger partial charge in [-0.15, -0.1) is 0 Å². The zero-order chi connectivity index (χ0) is 16.2. The maximum atomic E-state index is 11.4. The van der Waals surface area contributed by atoms with Crippen molar-refractivity contribution in [1.29, 1.82) is 0 Å². The summed E-state index contributed by atoms with van der Waals surface area (Å²) in [7, 11) is 0. The standard InChI is InChI=1S/C21H28O/c1-5-6-16-21(22,18-10-8-7-9-11-18)19-14-12-17(13-15-19)20(2,3)4/h7-15,22H,5-6,16H2,1-4H3. The molecule has 1 N–H and O–H groups in total. The summed E-state index contributed by atoms with van der Waals surface area (Å²) in [5.41, 5.74) is 2.50. The van der Waals surface area contributed by atoms with Gasteiger partial charge in [-0.1, -0.05) is 95.1 Å². The smallest absolute Gasteiger partial charge is 0.115 e. The molecule has 0 fully saturated rings. The van der Waals surface area contributed by atoms with Crippen molar-refractivity contribution in [2.45, 2.75) is 58.0 Å². The van der Waals surface area contributed by atoms with Gasteiger partial charge in [-0.05, 0) is 28.5 Å². The second-order valence-corrected chi connectivity index (χ2v) is 7.16. The van der Waals surface area contributed by atoms with Crippen molar-refractivity contribution in [3.8, 4) is 0 Å². The first-order valence-corrected chi connectivity index (χ1v) is 8.27. The number of aliphatic hydroxyl groups is 1. The third kappa shape index (κ3) is 3.59. The lowest BCUT2D eigenvalue weighted by molar-refractivity contribution is 0.0684. The molecule has 1 atom stereocenters. The molecule has 1 nitrogen and oxygen atoms in total. The lowest BCUT2D eigenvalue weighted by Gasteiger charge is -2.30. The van der Waals surface area contributed by atoms with Crippen molar-refractivity contribution in [3.05, 3.63) is 71.3 Å². The summed E-state index contributed by atoms with van der Waals surface area (Å²) in [5, 5.41) is 11.4. The molecule has 1 unspecified atom stereocenters. The monoisotopic (exact) mass is 296 g/mol. The number of hydrogen-bond donors (Lipinski definition) is 1. The highest BCUT2D eigenvalue weighted by atomic mass is 16.3. The van der Waals surface area contributed by atoms with Crippen molar-refractivity contribution in [2.75, 3.05) is 0 Å². The maximum absolute atomic E-state index is 11.4. The molecular formula is C21H28O. The predicted molar refractivity (Wildman–Crippen MR) is 94.1 cm³/mol. The summed E-state index contributed by atoms with van der Waals surface area (Å²) in [4.78, 5) is 0. The van der Waals surface area contributed by atoms with Crippen LogP contribution in [0.1, 0.15) is 63.6 Å². The van der Waals surface area contributed by atoms with Crippen molar-refractivity contribution >= 4 is 0 Å². The van der Waals surface area contributed by atoms with Crippen molar-refractivity contribution in [3.63, 3.8) is 0 Å². The first kappa shape index (κ1) is 16.8. The summed E-state index contributed by atoms with van der Waals surface area (Å²) >= 11 is 0. The summed E-state index contributed by atoms with van der Waals surface area (Å²) in [5.74, 6) is 0. The van der Waals surface area contributed by atoms with Crippen LogP contribution in [0.15, 0.2) is 54.6 Å². The Morgan fingerprint density at radius 3 is 1.77 bits per heavy atom. The SMILES string of the molecule is CCCCC(O)(c1ccccc1)c1ccc(C(C)(C)C)cc1. The van der Waals surface area contributed by atoms with Gasteiger partial charge in [0.1, 0.15) is 5.60 Å². The summed E-state index contributed by atoms with van der Waals surface area (Å²) < 4.78 is 0. The fraction of sp³-hybridized carbons (Fsp3) is 0.429. The number of unbranched alkanes of at least 4 members (excludes halogenated alkanes) is 1. The topological polar surface area (TPSA) is 20.2 Å². The van der Waals surface area contributed by atoms with Crippen LogP contribution in [0.4, 0.5) is 0 Å². The van der Waals surface area contributed by atoms with E-state index in [-0.39, 0.29) is 5.41 Å². The van der Waals surface area contributed by atoms with Gasteiger partial charge in [-0.3, -0.25) is 0 Å². The summed E-state index contributed by atoms with van der Waals surface area (Å²) in [6.45, 7) is 8.79. The molecule has 2 rings (SSSR count). The Hall–Kier alpha value is -1.60. The molecule has 0 aliphatic heterocycles. The minimum absolute atomic E-state index is 0.132. The van der Waals surface area contributed by atoms with Gasteiger partial charge in [-0.25, -0.2) is 0 Å². The molecule has 0 spiro atoms. The Bertz CT molecular complexity index is 578. The first-order chi connectivity index (χ1) is 10.4. The molecule has 0 radical (unpaired) electrons. The Labute approximate surface area is 135 Å². The minimum atomic E-state index is -0.895. The molecule has 0 aromatic heterocycles. The molecule has 0 bridgehead atoms.